The highest BCUT2D eigenvalue weighted by Crippen LogP contribution is 2.42. The number of rotatable bonds is 5. The van der Waals surface area contributed by atoms with E-state index in [2.05, 4.69) is 5.32 Å². The number of benzene rings is 3. The van der Waals surface area contributed by atoms with Crippen molar-refractivity contribution in [3.63, 3.8) is 0 Å². The van der Waals surface area contributed by atoms with Crippen molar-refractivity contribution in [2.24, 2.45) is 0 Å². The number of hydrogen-bond acceptors (Lipinski definition) is 4. The molecule has 1 fully saturated rings. The highest BCUT2D eigenvalue weighted by atomic mass is 32.2. The molecule has 3 aromatic carbocycles. The van der Waals surface area contributed by atoms with Crippen molar-refractivity contribution in [3.8, 4) is 6.07 Å². The third-order valence-electron chi connectivity index (χ3n) is 5.44. The van der Waals surface area contributed by atoms with Crippen LogP contribution in [0.25, 0.3) is 0 Å². The second kappa shape index (κ2) is 9.94. The highest BCUT2D eigenvalue weighted by Gasteiger charge is 2.40. The molecule has 1 saturated heterocycles. The van der Waals surface area contributed by atoms with Crippen molar-refractivity contribution in [1.82, 2.24) is 0 Å². The van der Waals surface area contributed by atoms with E-state index in [-0.39, 0.29) is 16.5 Å². The molecule has 1 heterocycles. The minimum absolute atomic E-state index is 0.172. The zero-order valence-electron chi connectivity index (χ0n) is 18.7. The van der Waals surface area contributed by atoms with Crippen molar-refractivity contribution >= 4 is 35.0 Å². The second-order valence-corrected chi connectivity index (χ2v) is 9.25. The summed E-state index contributed by atoms with van der Waals surface area (Å²) in [5.41, 5.74) is 3.92. The van der Waals surface area contributed by atoms with E-state index in [1.165, 1.54) is 40.9 Å². The molecule has 4 rings (SSSR count). The summed E-state index contributed by atoms with van der Waals surface area (Å²) in [7, 11) is 0. The topological polar surface area (TPSA) is 73.2 Å². The molecule has 1 aliphatic rings. The molecule has 1 unspecified atom stereocenters. The Balaban J connectivity index is 1.71. The molecule has 1 atom stereocenters. The van der Waals surface area contributed by atoms with Crippen LogP contribution in [0.1, 0.15) is 16.7 Å². The van der Waals surface area contributed by atoms with E-state index in [4.69, 9.17) is 0 Å². The number of halogens is 1. The first-order valence-electron chi connectivity index (χ1n) is 10.7. The number of anilines is 2. The fourth-order valence-corrected chi connectivity index (χ4v) is 4.89. The van der Waals surface area contributed by atoms with Crippen molar-refractivity contribution in [3.05, 3.63) is 106 Å². The number of hydrogen-bond donors (Lipinski definition) is 1. The normalized spacial score (nSPS) is 16.8. The van der Waals surface area contributed by atoms with Gasteiger partial charge in [0.1, 0.15) is 22.5 Å². The van der Waals surface area contributed by atoms with Crippen molar-refractivity contribution in [2.45, 2.75) is 25.5 Å². The number of nitrogens with one attached hydrogen (secondary N) is 1. The first-order valence-corrected chi connectivity index (χ1v) is 11.6. The molecule has 170 valence electrons. The fourth-order valence-electron chi connectivity index (χ4n) is 3.58. The highest BCUT2D eigenvalue weighted by molar-refractivity contribution is 8.05. The van der Waals surface area contributed by atoms with E-state index in [0.717, 1.165) is 16.7 Å². The molecule has 0 bridgehead atoms. The van der Waals surface area contributed by atoms with E-state index in [1.54, 1.807) is 12.1 Å². The van der Waals surface area contributed by atoms with Crippen LogP contribution in [0.2, 0.25) is 0 Å². The summed E-state index contributed by atoms with van der Waals surface area (Å²) in [5.74, 6) is -1.28. The third kappa shape index (κ3) is 5.03. The maximum absolute atomic E-state index is 13.5. The Hall–Kier alpha value is -3.89. The van der Waals surface area contributed by atoms with Gasteiger partial charge in [-0.25, -0.2) is 4.39 Å². The summed E-state index contributed by atoms with van der Waals surface area (Å²) in [6.45, 7) is 3.94. The Morgan fingerprint density at radius 3 is 2.18 bits per heavy atom. The smallest absolute Gasteiger partial charge is 0.269 e. The van der Waals surface area contributed by atoms with E-state index in [9.17, 15) is 19.2 Å². The zero-order valence-corrected chi connectivity index (χ0v) is 19.5. The molecule has 34 heavy (non-hydrogen) atoms. The summed E-state index contributed by atoms with van der Waals surface area (Å²) in [6.07, 6.45) is 0.466. The van der Waals surface area contributed by atoms with Crippen LogP contribution < -0.4 is 10.2 Å². The molecule has 0 radical (unpaired) electrons. The van der Waals surface area contributed by atoms with Crippen LogP contribution in [0.3, 0.4) is 0 Å². The number of nitrogens with zero attached hydrogens (tertiary/aromatic N) is 2. The lowest BCUT2D eigenvalue weighted by atomic mass is 10.1. The van der Waals surface area contributed by atoms with Crippen LogP contribution >= 0.6 is 11.8 Å². The second-order valence-electron chi connectivity index (χ2n) is 8.06. The Bertz CT molecular complexity index is 1290. The largest absolute Gasteiger partial charge is 0.321 e. The molecule has 1 aliphatic heterocycles. The summed E-state index contributed by atoms with van der Waals surface area (Å²) < 4.78 is 13.2. The number of amides is 2. The van der Waals surface area contributed by atoms with Gasteiger partial charge in [0.25, 0.3) is 5.91 Å². The van der Waals surface area contributed by atoms with Gasteiger partial charge in [0.2, 0.25) is 5.91 Å². The molecule has 1 N–H and O–H groups in total. The lowest BCUT2D eigenvalue weighted by Crippen LogP contribution is -2.30. The van der Waals surface area contributed by atoms with Gasteiger partial charge in [0.05, 0.1) is 5.25 Å². The van der Waals surface area contributed by atoms with Crippen LogP contribution in [0.5, 0.6) is 0 Å². The summed E-state index contributed by atoms with van der Waals surface area (Å²) in [6, 6.07) is 22.5. The van der Waals surface area contributed by atoms with Gasteiger partial charge >= 0.3 is 0 Å². The molecule has 0 spiro atoms. The van der Waals surface area contributed by atoms with Gasteiger partial charge in [-0.3, -0.25) is 14.5 Å². The van der Waals surface area contributed by atoms with E-state index in [1.807, 2.05) is 56.3 Å². The van der Waals surface area contributed by atoms with Gasteiger partial charge in [-0.15, -0.1) is 0 Å². The van der Waals surface area contributed by atoms with E-state index < -0.39 is 17.0 Å². The minimum Gasteiger partial charge on any atom is -0.321 e. The average Bonchev–Trinajstić information content (AvgIpc) is 3.13. The molecule has 3 aromatic rings. The number of nitriles is 1. The van der Waals surface area contributed by atoms with Crippen molar-refractivity contribution in [2.75, 3.05) is 10.2 Å². The number of thioether (sulfide) groups is 1. The van der Waals surface area contributed by atoms with Crippen LogP contribution in [0.15, 0.2) is 83.4 Å². The summed E-state index contributed by atoms with van der Waals surface area (Å²) >= 11 is 1.21. The molecule has 2 amide bonds. The standard InChI is InChI=1S/C27H22FN3O2S/c1-17-3-7-19(8-4-17)15-24-26(33)31(22-13-5-18(2)6-14-22)27(34-24)23(16-29)25(32)30-21-11-9-20(28)10-12-21/h3-14,24H,15H2,1-2H3,(H,30,32). The Morgan fingerprint density at radius 2 is 1.59 bits per heavy atom. The molecule has 0 aromatic heterocycles. The van der Waals surface area contributed by atoms with Crippen LogP contribution in [-0.4, -0.2) is 17.1 Å². The Labute approximate surface area is 201 Å². The van der Waals surface area contributed by atoms with Gasteiger partial charge in [-0.2, -0.15) is 5.26 Å². The quantitative estimate of drug-likeness (QED) is 0.394. The molecular weight excluding hydrogens is 449 g/mol. The van der Waals surface area contributed by atoms with Gasteiger partial charge in [-0.05, 0) is 62.2 Å². The molecular formula is C27H22FN3O2S. The first-order chi connectivity index (χ1) is 16.4. The van der Waals surface area contributed by atoms with Crippen LogP contribution in [0, 0.1) is 31.0 Å². The Kier molecular flexibility index (Phi) is 6.80. The molecule has 5 nitrogen and oxygen atoms in total. The average molecular weight is 472 g/mol. The van der Waals surface area contributed by atoms with Gasteiger partial charge in [0.15, 0.2) is 0 Å². The maximum atomic E-state index is 13.5. The molecule has 7 heteroatoms. The third-order valence-corrected chi connectivity index (χ3v) is 6.70. The molecule has 0 aliphatic carbocycles. The summed E-state index contributed by atoms with van der Waals surface area (Å²) in [4.78, 5) is 28.0. The number of aryl methyl sites for hydroxylation is 2. The number of carbonyl (C=O) groups is 2. The van der Waals surface area contributed by atoms with E-state index in [0.29, 0.717) is 17.8 Å². The molecule has 0 saturated carbocycles. The SMILES string of the molecule is Cc1ccc(CC2SC(=C(C#N)C(=O)Nc3ccc(F)cc3)N(c3ccc(C)cc3)C2=O)cc1. The first kappa shape index (κ1) is 23.3. The summed E-state index contributed by atoms with van der Waals surface area (Å²) in [5, 5.41) is 12.3. The Morgan fingerprint density at radius 1 is 1.00 bits per heavy atom. The van der Waals surface area contributed by atoms with Crippen molar-refractivity contribution in [1.29, 1.82) is 5.26 Å². The van der Waals surface area contributed by atoms with Crippen molar-refractivity contribution < 1.29 is 14.0 Å². The van der Waals surface area contributed by atoms with Gasteiger partial charge < -0.3 is 5.32 Å². The van der Waals surface area contributed by atoms with Gasteiger partial charge in [-0.1, -0.05) is 59.3 Å². The zero-order chi connectivity index (χ0) is 24.2. The van der Waals surface area contributed by atoms with Crippen LogP contribution in [0.4, 0.5) is 15.8 Å². The number of carbonyl (C=O) groups excluding carboxylic acids is 2. The van der Waals surface area contributed by atoms with E-state index >= 15 is 0 Å². The van der Waals surface area contributed by atoms with Gasteiger partial charge in [0, 0.05) is 11.4 Å². The monoisotopic (exact) mass is 471 g/mol. The fraction of sp³-hybridized carbons (Fsp3) is 0.148. The predicted molar refractivity (Wildman–Crippen MR) is 133 cm³/mol. The lowest BCUT2D eigenvalue weighted by Gasteiger charge is -2.19. The lowest BCUT2D eigenvalue weighted by molar-refractivity contribution is -0.117. The van der Waals surface area contributed by atoms with Crippen LogP contribution in [-0.2, 0) is 16.0 Å². The predicted octanol–water partition coefficient (Wildman–Crippen LogP) is 5.51. The maximum Gasteiger partial charge on any atom is 0.269 e. The minimum atomic E-state index is -0.655.